The van der Waals surface area contributed by atoms with Crippen LogP contribution in [-0.4, -0.2) is 0 Å². The average Bonchev–Trinajstić information content (AvgIpc) is 3.17. The Morgan fingerprint density at radius 3 is 2.14 bits per heavy atom. The van der Waals surface area contributed by atoms with Gasteiger partial charge in [-0.05, 0) is 61.2 Å². The maximum absolute atomic E-state index is 2.52. The summed E-state index contributed by atoms with van der Waals surface area (Å²) in [4.78, 5) is 0. The lowest BCUT2D eigenvalue weighted by Gasteiger charge is -2.26. The van der Waals surface area contributed by atoms with Crippen molar-refractivity contribution in [3.05, 3.63) is 0 Å². The molecule has 0 aromatic carbocycles. The molecular formula is C22H44. The van der Waals surface area contributed by atoms with Crippen LogP contribution in [0.2, 0.25) is 0 Å². The van der Waals surface area contributed by atoms with Gasteiger partial charge in [-0.25, -0.2) is 0 Å². The lowest BCUT2D eigenvalue weighted by Crippen LogP contribution is -2.15. The van der Waals surface area contributed by atoms with Gasteiger partial charge in [0, 0.05) is 0 Å². The van der Waals surface area contributed by atoms with Gasteiger partial charge in [-0.2, -0.15) is 0 Å². The van der Waals surface area contributed by atoms with E-state index in [0.717, 1.165) is 35.5 Å². The molecule has 0 heterocycles. The molecule has 1 aliphatic carbocycles. The molecule has 0 heteroatoms. The Morgan fingerprint density at radius 1 is 0.909 bits per heavy atom. The molecular weight excluding hydrogens is 264 g/mol. The Morgan fingerprint density at radius 2 is 1.59 bits per heavy atom. The second-order valence-electron chi connectivity index (χ2n) is 8.86. The SMILES string of the molecule is CCCCCCC(CC(C)CC(C)C(C)CC)CC1CC1C. The van der Waals surface area contributed by atoms with E-state index in [1.54, 1.807) is 0 Å². The Hall–Kier alpha value is 0. The van der Waals surface area contributed by atoms with Crippen molar-refractivity contribution < 1.29 is 0 Å². The molecule has 0 bridgehead atoms. The van der Waals surface area contributed by atoms with Gasteiger partial charge in [0.1, 0.15) is 0 Å². The van der Waals surface area contributed by atoms with Crippen LogP contribution in [0, 0.1) is 35.5 Å². The monoisotopic (exact) mass is 308 g/mol. The first-order valence-electron chi connectivity index (χ1n) is 10.5. The van der Waals surface area contributed by atoms with E-state index in [2.05, 4.69) is 41.5 Å². The van der Waals surface area contributed by atoms with Crippen molar-refractivity contribution in [3.63, 3.8) is 0 Å². The van der Waals surface area contributed by atoms with Crippen molar-refractivity contribution in [1.29, 1.82) is 0 Å². The van der Waals surface area contributed by atoms with Gasteiger partial charge in [0.05, 0.1) is 0 Å². The van der Waals surface area contributed by atoms with E-state index in [0.29, 0.717) is 0 Å². The van der Waals surface area contributed by atoms with E-state index in [9.17, 15) is 0 Å². The molecule has 0 nitrogen and oxygen atoms in total. The lowest BCUT2D eigenvalue weighted by atomic mass is 9.80. The standard InChI is InChI=1S/C22H44/c1-7-9-10-11-12-21(16-22-15-20(22)6)14-17(3)13-19(5)18(4)8-2/h17-22H,7-16H2,1-6H3. The van der Waals surface area contributed by atoms with E-state index in [1.165, 1.54) is 64.2 Å². The zero-order valence-electron chi connectivity index (χ0n) is 16.5. The molecule has 6 atom stereocenters. The second-order valence-corrected chi connectivity index (χ2v) is 8.86. The van der Waals surface area contributed by atoms with Gasteiger partial charge in [-0.3, -0.25) is 0 Å². The fraction of sp³-hybridized carbons (Fsp3) is 1.00. The summed E-state index contributed by atoms with van der Waals surface area (Å²) in [5, 5.41) is 0. The summed E-state index contributed by atoms with van der Waals surface area (Å²) in [5.41, 5.74) is 0. The van der Waals surface area contributed by atoms with Gasteiger partial charge < -0.3 is 0 Å². The van der Waals surface area contributed by atoms with Crippen LogP contribution < -0.4 is 0 Å². The highest BCUT2D eigenvalue weighted by atomic mass is 14.4. The molecule has 0 aromatic rings. The quantitative estimate of drug-likeness (QED) is 0.305. The molecule has 22 heavy (non-hydrogen) atoms. The van der Waals surface area contributed by atoms with Crippen molar-refractivity contribution in [2.24, 2.45) is 35.5 Å². The molecule has 1 fully saturated rings. The minimum Gasteiger partial charge on any atom is -0.0654 e. The van der Waals surface area contributed by atoms with Crippen LogP contribution in [-0.2, 0) is 0 Å². The number of unbranched alkanes of at least 4 members (excludes halogenated alkanes) is 3. The topological polar surface area (TPSA) is 0 Å². The van der Waals surface area contributed by atoms with Gasteiger partial charge in [-0.1, -0.05) is 80.1 Å². The molecule has 1 saturated carbocycles. The Kier molecular flexibility index (Phi) is 9.76. The second kappa shape index (κ2) is 10.7. The largest absolute Gasteiger partial charge is 0.0654 e. The smallest absolute Gasteiger partial charge is 0.0383 e. The molecule has 0 radical (unpaired) electrons. The van der Waals surface area contributed by atoms with Gasteiger partial charge in [0.2, 0.25) is 0 Å². The maximum Gasteiger partial charge on any atom is -0.0383 e. The first-order chi connectivity index (χ1) is 10.5. The summed E-state index contributed by atoms with van der Waals surface area (Å²) >= 11 is 0. The molecule has 6 unspecified atom stereocenters. The first-order valence-corrected chi connectivity index (χ1v) is 10.5. The summed E-state index contributed by atoms with van der Waals surface area (Å²) in [6.45, 7) is 14.6. The normalized spacial score (nSPS) is 26.5. The van der Waals surface area contributed by atoms with E-state index >= 15 is 0 Å². The summed E-state index contributed by atoms with van der Waals surface area (Å²) in [5.74, 6) is 5.86. The third kappa shape index (κ3) is 8.02. The van der Waals surface area contributed by atoms with E-state index < -0.39 is 0 Å². The first kappa shape index (κ1) is 20.0. The average molecular weight is 309 g/mol. The van der Waals surface area contributed by atoms with Gasteiger partial charge in [0.25, 0.3) is 0 Å². The summed E-state index contributed by atoms with van der Waals surface area (Å²) in [6.07, 6.45) is 14.6. The van der Waals surface area contributed by atoms with E-state index in [1.807, 2.05) is 0 Å². The molecule has 1 aliphatic rings. The fourth-order valence-corrected chi connectivity index (χ4v) is 4.28. The minimum atomic E-state index is 0.897. The molecule has 0 amide bonds. The van der Waals surface area contributed by atoms with Gasteiger partial charge in [-0.15, -0.1) is 0 Å². The van der Waals surface area contributed by atoms with Crippen LogP contribution >= 0.6 is 0 Å². The Bertz CT molecular complexity index is 269. The summed E-state index contributed by atoms with van der Waals surface area (Å²) in [6, 6.07) is 0. The highest BCUT2D eigenvalue weighted by Gasteiger charge is 2.34. The van der Waals surface area contributed by atoms with Crippen molar-refractivity contribution >= 4 is 0 Å². The maximum atomic E-state index is 2.52. The summed E-state index contributed by atoms with van der Waals surface area (Å²) in [7, 11) is 0. The number of rotatable bonds is 13. The highest BCUT2D eigenvalue weighted by Crippen LogP contribution is 2.44. The van der Waals surface area contributed by atoms with E-state index in [4.69, 9.17) is 0 Å². The molecule has 0 aliphatic heterocycles. The highest BCUT2D eigenvalue weighted by molar-refractivity contribution is 4.85. The lowest BCUT2D eigenvalue weighted by molar-refractivity contribution is 0.255. The van der Waals surface area contributed by atoms with Crippen LogP contribution in [0.4, 0.5) is 0 Å². The summed E-state index contributed by atoms with van der Waals surface area (Å²) < 4.78 is 0. The zero-order chi connectivity index (χ0) is 16.5. The molecule has 0 saturated heterocycles. The molecule has 0 N–H and O–H groups in total. The minimum absolute atomic E-state index is 0.897. The molecule has 0 spiro atoms. The predicted octanol–water partition coefficient (Wildman–Crippen LogP) is 7.72. The van der Waals surface area contributed by atoms with Gasteiger partial charge >= 0.3 is 0 Å². The third-order valence-corrected chi connectivity index (χ3v) is 6.50. The van der Waals surface area contributed by atoms with Crippen molar-refractivity contribution in [2.45, 2.75) is 106 Å². The zero-order valence-corrected chi connectivity index (χ0v) is 16.5. The van der Waals surface area contributed by atoms with Crippen LogP contribution in [0.1, 0.15) is 106 Å². The Labute approximate surface area is 141 Å². The van der Waals surface area contributed by atoms with Crippen LogP contribution in [0.15, 0.2) is 0 Å². The molecule has 0 aromatic heterocycles. The number of hydrogen-bond acceptors (Lipinski definition) is 0. The fourth-order valence-electron chi connectivity index (χ4n) is 4.28. The van der Waals surface area contributed by atoms with Crippen LogP contribution in [0.25, 0.3) is 0 Å². The predicted molar refractivity (Wildman–Crippen MR) is 101 cm³/mol. The third-order valence-electron chi connectivity index (χ3n) is 6.50. The van der Waals surface area contributed by atoms with Crippen molar-refractivity contribution in [2.75, 3.05) is 0 Å². The molecule has 132 valence electrons. The van der Waals surface area contributed by atoms with E-state index in [-0.39, 0.29) is 0 Å². The van der Waals surface area contributed by atoms with Crippen LogP contribution in [0.3, 0.4) is 0 Å². The van der Waals surface area contributed by atoms with Crippen LogP contribution in [0.5, 0.6) is 0 Å². The van der Waals surface area contributed by atoms with Crippen molar-refractivity contribution in [3.8, 4) is 0 Å². The molecule has 1 rings (SSSR count). The Balaban J connectivity index is 2.34. The van der Waals surface area contributed by atoms with Crippen molar-refractivity contribution in [1.82, 2.24) is 0 Å². The number of hydrogen-bond donors (Lipinski definition) is 0. The van der Waals surface area contributed by atoms with Gasteiger partial charge in [0.15, 0.2) is 0 Å².